The van der Waals surface area contributed by atoms with E-state index < -0.39 is 0 Å². The van der Waals surface area contributed by atoms with Crippen LogP contribution in [-0.2, 0) is 11.3 Å². The highest BCUT2D eigenvalue weighted by molar-refractivity contribution is 5.98. The van der Waals surface area contributed by atoms with Crippen LogP contribution in [-0.4, -0.2) is 57.6 Å². The van der Waals surface area contributed by atoms with Crippen molar-refractivity contribution in [2.75, 3.05) is 26.8 Å². The van der Waals surface area contributed by atoms with Gasteiger partial charge in [0.25, 0.3) is 5.91 Å². The second-order valence-electron chi connectivity index (χ2n) is 7.65. The standard InChI is InChI=1S/C20H23N5O3/c1-27-17-4-5-18-14(6-17)7-19(21-18)20(26)24-9-16(10-24)25-8-15(22-23-25)12-28-11-13-2-3-13/h4-8,13,16,21H,2-3,9-12H2,1H3. The normalized spacial score (nSPS) is 17.1. The summed E-state index contributed by atoms with van der Waals surface area (Å²) < 4.78 is 12.7. The first-order valence-corrected chi connectivity index (χ1v) is 9.64. The van der Waals surface area contributed by atoms with Crippen LogP contribution in [0.15, 0.2) is 30.5 Å². The molecular formula is C20H23N5O3. The summed E-state index contributed by atoms with van der Waals surface area (Å²) in [6.45, 7) is 2.58. The van der Waals surface area contributed by atoms with E-state index in [1.54, 1.807) is 7.11 Å². The molecule has 2 aromatic heterocycles. The summed E-state index contributed by atoms with van der Waals surface area (Å²) >= 11 is 0. The average Bonchev–Trinajstić information content (AvgIpc) is 3.21. The zero-order valence-electron chi connectivity index (χ0n) is 15.8. The molecule has 1 aromatic carbocycles. The molecule has 2 aliphatic rings. The number of hydrogen-bond acceptors (Lipinski definition) is 5. The molecule has 0 unspecified atom stereocenters. The highest BCUT2D eigenvalue weighted by Crippen LogP contribution is 2.29. The van der Waals surface area contributed by atoms with Gasteiger partial charge in [-0.2, -0.15) is 0 Å². The molecule has 5 rings (SSSR count). The van der Waals surface area contributed by atoms with Crippen LogP contribution in [0.2, 0.25) is 0 Å². The topological polar surface area (TPSA) is 85.3 Å². The minimum atomic E-state index is -0.000442. The first-order valence-electron chi connectivity index (χ1n) is 9.64. The molecule has 1 aliphatic carbocycles. The number of likely N-dealkylation sites (tertiary alicyclic amines) is 1. The Hall–Kier alpha value is -2.87. The molecule has 28 heavy (non-hydrogen) atoms. The predicted molar refractivity (Wildman–Crippen MR) is 102 cm³/mol. The summed E-state index contributed by atoms with van der Waals surface area (Å²) in [5.41, 5.74) is 2.36. The molecule has 8 nitrogen and oxygen atoms in total. The SMILES string of the molecule is COc1ccc2[nH]c(C(=O)N3CC(n4cc(COCC5CC5)nn4)C3)cc2c1. The van der Waals surface area contributed by atoms with Crippen LogP contribution in [0.5, 0.6) is 5.75 Å². The molecule has 1 N–H and O–H groups in total. The fourth-order valence-electron chi connectivity index (χ4n) is 3.48. The molecule has 0 bridgehead atoms. The molecule has 1 amide bonds. The van der Waals surface area contributed by atoms with Crippen molar-refractivity contribution in [1.82, 2.24) is 24.9 Å². The first-order chi connectivity index (χ1) is 13.7. The lowest BCUT2D eigenvalue weighted by atomic mass is 10.1. The second kappa shape index (κ2) is 6.94. The van der Waals surface area contributed by atoms with Gasteiger partial charge < -0.3 is 19.4 Å². The van der Waals surface area contributed by atoms with Crippen LogP contribution in [0.1, 0.15) is 35.1 Å². The number of carbonyl (C=O) groups excluding carboxylic acids is 1. The number of aromatic nitrogens is 4. The summed E-state index contributed by atoms with van der Waals surface area (Å²) in [4.78, 5) is 17.8. The minimum Gasteiger partial charge on any atom is -0.497 e. The van der Waals surface area contributed by atoms with Crippen molar-refractivity contribution in [1.29, 1.82) is 0 Å². The molecule has 146 valence electrons. The molecule has 0 radical (unpaired) electrons. The van der Waals surface area contributed by atoms with Crippen LogP contribution in [0.4, 0.5) is 0 Å². The van der Waals surface area contributed by atoms with Gasteiger partial charge in [0, 0.05) is 30.6 Å². The maximum atomic E-state index is 12.7. The Labute approximate surface area is 162 Å². The minimum absolute atomic E-state index is 0.000442. The van der Waals surface area contributed by atoms with Gasteiger partial charge in [-0.3, -0.25) is 4.79 Å². The van der Waals surface area contributed by atoms with E-state index in [-0.39, 0.29) is 11.9 Å². The van der Waals surface area contributed by atoms with Crippen LogP contribution in [0.3, 0.4) is 0 Å². The molecule has 2 fully saturated rings. The Morgan fingerprint density at radius 1 is 1.29 bits per heavy atom. The number of ether oxygens (including phenoxy) is 2. The summed E-state index contributed by atoms with van der Waals surface area (Å²) in [6.07, 6.45) is 4.49. The van der Waals surface area contributed by atoms with E-state index >= 15 is 0 Å². The third-order valence-electron chi connectivity index (χ3n) is 5.44. The largest absolute Gasteiger partial charge is 0.497 e. The Morgan fingerprint density at radius 3 is 2.93 bits per heavy atom. The number of fused-ring (bicyclic) bond motifs is 1. The van der Waals surface area contributed by atoms with E-state index in [0.717, 1.165) is 34.9 Å². The van der Waals surface area contributed by atoms with Crippen molar-refractivity contribution in [2.45, 2.75) is 25.5 Å². The van der Waals surface area contributed by atoms with Crippen LogP contribution < -0.4 is 4.74 Å². The lowest BCUT2D eigenvalue weighted by Gasteiger charge is -2.38. The van der Waals surface area contributed by atoms with Gasteiger partial charge in [-0.15, -0.1) is 5.10 Å². The highest BCUT2D eigenvalue weighted by Gasteiger charge is 2.34. The molecular weight excluding hydrogens is 358 g/mol. The van der Waals surface area contributed by atoms with E-state index in [2.05, 4.69) is 15.3 Å². The lowest BCUT2D eigenvalue weighted by Crippen LogP contribution is -2.51. The first kappa shape index (κ1) is 17.2. The number of aromatic amines is 1. The number of hydrogen-bond donors (Lipinski definition) is 1. The van der Waals surface area contributed by atoms with Gasteiger partial charge in [0.1, 0.15) is 17.1 Å². The number of benzene rings is 1. The Kier molecular flexibility index (Phi) is 4.27. The van der Waals surface area contributed by atoms with E-state index in [4.69, 9.17) is 9.47 Å². The van der Waals surface area contributed by atoms with Crippen LogP contribution in [0, 0.1) is 5.92 Å². The third kappa shape index (κ3) is 3.35. The molecule has 8 heteroatoms. The van der Waals surface area contributed by atoms with Crippen LogP contribution in [0.25, 0.3) is 10.9 Å². The van der Waals surface area contributed by atoms with Gasteiger partial charge in [-0.1, -0.05) is 5.21 Å². The highest BCUT2D eigenvalue weighted by atomic mass is 16.5. The molecule has 3 aromatic rings. The Morgan fingerprint density at radius 2 is 2.14 bits per heavy atom. The van der Waals surface area contributed by atoms with E-state index in [0.29, 0.717) is 25.4 Å². The van der Waals surface area contributed by atoms with Crippen molar-refractivity contribution >= 4 is 16.8 Å². The summed E-state index contributed by atoms with van der Waals surface area (Å²) in [5, 5.41) is 9.34. The number of nitrogens with zero attached hydrogens (tertiary/aromatic N) is 4. The summed E-state index contributed by atoms with van der Waals surface area (Å²) in [6, 6.07) is 7.76. The van der Waals surface area contributed by atoms with Gasteiger partial charge in [0.05, 0.1) is 26.0 Å². The monoisotopic (exact) mass is 381 g/mol. The fraction of sp³-hybridized carbons (Fsp3) is 0.450. The molecule has 1 saturated heterocycles. The number of nitrogens with one attached hydrogen (secondary N) is 1. The van der Waals surface area contributed by atoms with E-state index in [1.165, 1.54) is 12.8 Å². The van der Waals surface area contributed by atoms with Crippen molar-refractivity contribution in [3.63, 3.8) is 0 Å². The van der Waals surface area contributed by atoms with Gasteiger partial charge in [-0.25, -0.2) is 4.68 Å². The zero-order valence-corrected chi connectivity index (χ0v) is 15.8. The Bertz CT molecular complexity index is 1000. The molecule has 0 atom stereocenters. The maximum absolute atomic E-state index is 12.7. The Balaban J connectivity index is 1.18. The number of amides is 1. The maximum Gasteiger partial charge on any atom is 0.270 e. The van der Waals surface area contributed by atoms with Gasteiger partial charge >= 0.3 is 0 Å². The van der Waals surface area contributed by atoms with Gasteiger partial charge in [0.2, 0.25) is 0 Å². The quantitative estimate of drug-likeness (QED) is 0.679. The fourth-order valence-corrected chi connectivity index (χ4v) is 3.48. The second-order valence-corrected chi connectivity index (χ2v) is 7.65. The third-order valence-corrected chi connectivity index (χ3v) is 5.44. The van der Waals surface area contributed by atoms with Crippen molar-refractivity contribution in [3.8, 4) is 5.75 Å². The number of rotatable bonds is 7. The molecule has 3 heterocycles. The molecule has 1 aliphatic heterocycles. The van der Waals surface area contributed by atoms with Crippen molar-refractivity contribution in [3.05, 3.63) is 41.9 Å². The van der Waals surface area contributed by atoms with E-state index in [1.807, 2.05) is 40.0 Å². The zero-order chi connectivity index (χ0) is 19.1. The summed E-state index contributed by atoms with van der Waals surface area (Å²) in [7, 11) is 1.63. The smallest absolute Gasteiger partial charge is 0.270 e. The summed E-state index contributed by atoms with van der Waals surface area (Å²) in [5.74, 6) is 1.52. The number of H-pyrrole nitrogens is 1. The van der Waals surface area contributed by atoms with Gasteiger partial charge in [0.15, 0.2) is 0 Å². The van der Waals surface area contributed by atoms with Crippen molar-refractivity contribution in [2.24, 2.45) is 5.92 Å². The number of methoxy groups -OCH3 is 1. The number of carbonyl (C=O) groups is 1. The molecule has 0 spiro atoms. The van der Waals surface area contributed by atoms with Crippen molar-refractivity contribution < 1.29 is 14.3 Å². The van der Waals surface area contributed by atoms with Gasteiger partial charge in [-0.05, 0) is 43.0 Å². The average molecular weight is 381 g/mol. The van der Waals surface area contributed by atoms with E-state index in [9.17, 15) is 4.79 Å². The molecule has 1 saturated carbocycles. The van der Waals surface area contributed by atoms with Crippen LogP contribution >= 0.6 is 0 Å². The lowest BCUT2D eigenvalue weighted by molar-refractivity contribution is 0.0493. The predicted octanol–water partition coefficient (Wildman–Crippen LogP) is 2.39.